The molecule has 9 heteroatoms. The third-order valence-electron chi connectivity index (χ3n) is 5.47. The van der Waals surface area contributed by atoms with Crippen LogP contribution in [0.3, 0.4) is 0 Å². The zero-order valence-corrected chi connectivity index (χ0v) is 18.8. The van der Waals surface area contributed by atoms with Gasteiger partial charge in [-0.2, -0.15) is 4.98 Å². The van der Waals surface area contributed by atoms with E-state index in [0.29, 0.717) is 47.0 Å². The van der Waals surface area contributed by atoms with E-state index in [1.807, 2.05) is 30.3 Å². The molecule has 4 rings (SSSR count). The van der Waals surface area contributed by atoms with Crippen molar-refractivity contribution in [3.05, 3.63) is 53.4 Å². The number of anilines is 1. The Morgan fingerprint density at radius 3 is 2.75 bits per heavy atom. The van der Waals surface area contributed by atoms with Crippen molar-refractivity contribution in [1.82, 2.24) is 15.0 Å². The molecule has 0 radical (unpaired) electrons. The van der Waals surface area contributed by atoms with Gasteiger partial charge in [0.2, 0.25) is 17.6 Å². The molecule has 1 aliphatic heterocycles. The summed E-state index contributed by atoms with van der Waals surface area (Å²) in [5.74, 6) is 1.80. The van der Waals surface area contributed by atoms with E-state index in [0.717, 1.165) is 24.9 Å². The molecule has 0 bridgehead atoms. The van der Waals surface area contributed by atoms with Crippen LogP contribution in [-0.2, 0) is 11.3 Å². The number of nitrogens with one attached hydrogen (secondary N) is 1. The predicted molar refractivity (Wildman–Crippen MR) is 121 cm³/mol. The van der Waals surface area contributed by atoms with Gasteiger partial charge in [0.15, 0.2) is 0 Å². The SMILES string of the molecule is COc1cc(NC(=O)C2CCCN(Cc3nc(-c4ccccc4)no3)C2)c(OC)cc1Cl. The monoisotopic (exact) mass is 456 g/mol. The maximum absolute atomic E-state index is 13.0. The van der Waals surface area contributed by atoms with Gasteiger partial charge in [0.05, 0.1) is 37.4 Å². The number of carbonyl (C=O) groups is 1. The Morgan fingerprint density at radius 1 is 1.22 bits per heavy atom. The van der Waals surface area contributed by atoms with E-state index in [-0.39, 0.29) is 11.8 Å². The number of benzene rings is 2. The van der Waals surface area contributed by atoms with Crippen LogP contribution >= 0.6 is 11.6 Å². The average Bonchev–Trinajstić information content (AvgIpc) is 3.29. The number of ether oxygens (including phenoxy) is 2. The number of nitrogens with zero attached hydrogens (tertiary/aromatic N) is 3. The van der Waals surface area contributed by atoms with Crippen LogP contribution in [0.4, 0.5) is 5.69 Å². The number of piperidine rings is 1. The van der Waals surface area contributed by atoms with Crippen LogP contribution in [0.25, 0.3) is 11.4 Å². The second-order valence-electron chi connectivity index (χ2n) is 7.63. The van der Waals surface area contributed by atoms with Crippen molar-refractivity contribution in [2.45, 2.75) is 19.4 Å². The molecule has 1 aliphatic rings. The first-order valence-corrected chi connectivity index (χ1v) is 10.8. The molecule has 1 aromatic heterocycles. The molecule has 8 nitrogen and oxygen atoms in total. The summed E-state index contributed by atoms with van der Waals surface area (Å²) in [5.41, 5.74) is 1.44. The molecule has 1 N–H and O–H groups in total. The summed E-state index contributed by atoms with van der Waals surface area (Å²) in [6.07, 6.45) is 1.70. The Bertz CT molecular complexity index is 1070. The molecular weight excluding hydrogens is 432 g/mol. The first-order valence-electron chi connectivity index (χ1n) is 10.4. The minimum Gasteiger partial charge on any atom is -0.495 e. The van der Waals surface area contributed by atoms with Crippen molar-refractivity contribution < 1.29 is 18.8 Å². The number of methoxy groups -OCH3 is 2. The van der Waals surface area contributed by atoms with E-state index in [2.05, 4.69) is 20.4 Å². The maximum atomic E-state index is 13.0. The van der Waals surface area contributed by atoms with E-state index < -0.39 is 0 Å². The summed E-state index contributed by atoms with van der Waals surface area (Å²) in [7, 11) is 3.06. The molecule has 1 atom stereocenters. The van der Waals surface area contributed by atoms with Gasteiger partial charge in [-0.15, -0.1) is 0 Å². The van der Waals surface area contributed by atoms with Crippen LogP contribution in [0.15, 0.2) is 47.0 Å². The van der Waals surface area contributed by atoms with Crippen LogP contribution in [0.5, 0.6) is 11.5 Å². The molecular formula is C23H25ClN4O4. The Kier molecular flexibility index (Phi) is 6.92. The van der Waals surface area contributed by atoms with E-state index >= 15 is 0 Å². The summed E-state index contributed by atoms with van der Waals surface area (Å²) < 4.78 is 16.1. The second-order valence-corrected chi connectivity index (χ2v) is 8.04. The van der Waals surface area contributed by atoms with Gasteiger partial charge in [-0.3, -0.25) is 9.69 Å². The Balaban J connectivity index is 1.40. The summed E-state index contributed by atoms with van der Waals surface area (Å²) >= 11 is 6.16. The molecule has 3 aromatic rings. The third kappa shape index (κ3) is 5.03. The lowest BCUT2D eigenvalue weighted by Crippen LogP contribution is -2.40. The van der Waals surface area contributed by atoms with Crippen molar-refractivity contribution in [2.24, 2.45) is 5.92 Å². The van der Waals surface area contributed by atoms with Crippen molar-refractivity contribution >= 4 is 23.2 Å². The fourth-order valence-corrected chi connectivity index (χ4v) is 4.05. The zero-order chi connectivity index (χ0) is 22.5. The minimum atomic E-state index is -0.174. The molecule has 0 saturated carbocycles. The molecule has 1 fully saturated rings. The summed E-state index contributed by atoms with van der Waals surface area (Å²) in [4.78, 5) is 19.7. The van der Waals surface area contributed by atoms with Gasteiger partial charge < -0.3 is 19.3 Å². The summed E-state index contributed by atoms with van der Waals surface area (Å²) in [5, 5.41) is 7.46. The van der Waals surface area contributed by atoms with Crippen molar-refractivity contribution in [1.29, 1.82) is 0 Å². The standard InChI is InChI=1S/C23H25ClN4O4/c1-30-19-12-18(20(31-2)11-17(19)24)25-23(29)16-9-6-10-28(13-16)14-21-26-22(27-32-21)15-7-4-3-5-8-15/h3-5,7-8,11-12,16H,6,9-10,13-14H2,1-2H3,(H,25,29). The highest BCUT2D eigenvalue weighted by Gasteiger charge is 2.28. The quantitative estimate of drug-likeness (QED) is 0.568. The Labute approximate surface area is 191 Å². The van der Waals surface area contributed by atoms with Gasteiger partial charge in [-0.05, 0) is 19.4 Å². The second kappa shape index (κ2) is 10.0. The van der Waals surface area contributed by atoms with Gasteiger partial charge in [0.25, 0.3) is 0 Å². The Hall–Kier alpha value is -3.10. The molecule has 2 aromatic carbocycles. The van der Waals surface area contributed by atoms with Gasteiger partial charge in [-0.1, -0.05) is 47.1 Å². The number of amides is 1. The van der Waals surface area contributed by atoms with Crippen LogP contribution in [0, 0.1) is 5.92 Å². The number of halogens is 1. The number of likely N-dealkylation sites (tertiary alicyclic amines) is 1. The third-order valence-corrected chi connectivity index (χ3v) is 5.76. The highest BCUT2D eigenvalue weighted by atomic mass is 35.5. The molecule has 1 unspecified atom stereocenters. The topological polar surface area (TPSA) is 89.7 Å². The van der Waals surface area contributed by atoms with Crippen molar-refractivity contribution in [2.75, 3.05) is 32.6 Å². The van der Waals surface area contributed by atoms with Crippen LogP contribution in [-0.4, -0.2) is 48.3 Å². The summed E-state index contributed by atoms with van der Waals surface area (Å²) in [6.45, 7) is 1.97. The lowest BCUT2D eigenvalue weighted by atomic mass is 9.97. The number of carbonyl (C=O) groups excluding carboxylic acids is 1. The Morgan fingerprint density at radius 2 is 2.00 bits per heavy atom. The number of aromatic nitrogens is 2. The average molecular weight is 457 g/mol. The number of hydrogen-bond donors (Lipinski definition) is 1. The van der Waals surface area contributed by atoms with Crippen LogP contribution < -0.4 is 14.8 Å². The molecule has 0 aliphatic carbocycles. The van der Waals surface area contributed by atoms with E-state index in [1.165, 1.54) is 14.2 Å². The van der Waals surface area contributed by atoms with Gasteiger partial charge in [0, 0.05) is 24.2 Å². The largest absolute Gasteiger partial charge is 0.495 e. The van der Waals surface area contributed by atoms with Crippen LogP contribution in [0.1, 0.15) is 18.7 Å². The van der Waals surface area contributed by atoms with E-state index in [9.17, 15) is 4.79 Å². The van der Waals surface area contributed by atoms with Crippen LogP contribution in [0.2, 0.25) is 5.02 Å². The smallest absolute Gasteiger partial charge is 0.241 e. The van der Waals surface area contributed by atoms with Gasteiger partial charge in [0.1, 0.15) is 11.5 Å². The van der Waals surface area contributed by atoms with Gasteiger partial charge in [-0.25, -0.2) is 0 Å². The highest BCUT2D eigenvalue weighted by molar-refractivity contribution is 6.32. The molecule has 1 saturated heterocycles. The molecule has 168 valence electrons. The first kappa shape index (κ1) is 22.1. The molecule has 32 heavy (non-hydrogen) atoms. The lowest BCUT2D eigenvalue weighted by Gasteiger charge is -2.31. The molecule has 2 heterocycles. The number of hydrogen-bond acceptors (Lipinski definition) is 7. The molecule has 1 amide bonds. The van der Waals surface area contributed by atoms with E-state index in [4.69, 9.17) is 25.6 Å². The van der Waals surface area contributed by atoms with Crippen molar-refractivity contribution in [3.63, 3.8) is 0 Å². The first-order chi connectivity index (χ1) is 15.6. The molecule has 0 spiro atoms. The normalized spacial score (nSPS) is 16.5. The lowest BCUT2D eigenvalue weighted by molar-refractivity contribution is -0.121. The minimum absolute atomic E-state index is 0.0760. The fraction of sp³-hybridized carbons (Fsp3) is 0.348. The predicted octanol–water partition coefficient (Wildman–Crippen LogP) is 4.26. The fourth-order valence-electron chi connectivity index (χ4n) is 3.82. The van der Waals surface area contributed by atoms with E-state index in [1.54, 1.807) is 12.1 Å². The number of rotatable bonds is 7. The zero-order valence-electron chi connectivity index (χ0n) is 18.0. The summed E-state index contributed by atoms with van der Waals surface area (Å²) in [6, 6.07) is 13.0. The highest BCUT2D eigenvalue weighted by Crippen LogP contribution is 2.36. The van der Waals surface area contributed by atoms with Gasteiger partial charge >= 0.3 is 0 Å². The maximum Gasteiger partial charge on any atom is 0.241 e. The van der Waals surface area contributed by atoms with Crippen molar-refractivity contribution in [3.8, 4) is 22.9 Å².